The van der Waals surface area contributed by atoms with Crippen molar-refractivity contribution in [1.29, 1.82) is 0 Å². The summed E-state index contributed by atoms with van der Waals surface area (Å²) >= 11 is 1.44. The number of rotatable bonds is 5. The van der Waals surface area contributed by atoms with Crippen molar-refractivity contribution in [2.24, 2.45) is 5.41 Å². The predicted molar refractivity (Wildman–Crippen MR) is 78.2 cm³/mol. The van der Waals surface area contributed by atoms with Gasteiger partial charge in [-0.3, -0.25) is 14.4 Å². The van der Waals surface area contributed by atoms with Gasteiger partial charge < -0.3 is 15.3 Å². The van der Waals surface area contributed by atoms with Crippen molar-refractivity contribution in [2.45, 2.75) is 19.8 Å². The first-order valence-corrected chi connectivity index (χ1v) is 7.68. The summed E-state index contributed by atoms with van der Waals surface area (Å²) < 4.78 is 0. The molecule has 1 aliphatic heterocycles. The molecule has 0 bridgehead atoms. The molecule has 0 radical (unpaired) electrons. The van der Waals surface area contributed by atoms with Crippen LogP contribution in [-0.2, 0) is 9.59 Å². The quantitative estimate of drug-likeness (QED) is 0.855. The third-order valence-electron chi connectivity index (χ3n) is 3.75. The number of aliphatic carboxylic acids is 1. The average Bonchev–Trinajstić information content (AvgIpc) is 3.08. The molecule has 7 heteroatoms. The molecule has 0 spiro atoms. The van der Waals surface area contributed by atoms with Crippen molar-refractivity contribution in [2.75, 3.05) is 19.6 Å². The standard InChI is InChI=1S/C14H18N2O4S/c1-14(13(19)20)4-6-16(9-14)11(17)2-5-15-12(18)10-3-7-21-8-10/h3,7-8H,2,4-6,9H2,1H3,(H,15,18)(H,19,20). The Kier molecular flexibility index (Phi) is 4.62. The molecule has 1 saturated heterocycles. The van der Waals surface area contributed by atoms with Crippen molar-refractivity contribution in [1.82, 2.24) is 10.2 Å². The number of hydrogen-bond donors (Lipinski definition) is 2. The number of hydrogen-bond acceptors (Lipinski definition) is 4. The third-order valence-corrected chi connectivity index (χ3v) is 4.43. The van der Waals surface area contributed by atoms with E-state index in [1.807, 2.05) is 5.38 Å². The zero-order valence-corrected chi connectivity index (χ0v) is 12.6. The molecule has 1 aliphatic rings. The highest BCUT2D eigenvalue weighted by Crippen LogP contribution is 2.30. The second-order valence-corrected chi connectivity index (χ2v) is 6.23. The van der Waals surface area contributed by atoms with Gasteiger partial charge in [0, 0.05) is 37.0 Å². The second-order valence-electron chi connectivity index (χ2n) is 5.45. The maximum absolute atomic E-state index is 12.0. The van der Waals surface area contributed by atoms with Crippen LogP contribution in [0, 0.1) is 5.41 Å². The van der Waals surface area contributed by atoms with Gasteiger partial charge in [0.05, 0.1) is 5.41 Å². The molecule has 1 aromatic rings. The van der Waals surface area contributed by atoms with E-state index >= 15 is 0 Å². The van der Waals surface area contributed by atoms with Crippen molar-refractivity contribution < 1.29 is 19.5 Å². The number of nitrogens with one attached hydrogen (secondary N) is 1. The number of thiophene rings is 1. The molecule has 6 nitrogen and oxygen atoms in total. The van der Waals surface area contributed by atoms with Gasteiger partial charge in [0.15, 0.2) is 0 Å². The molecule has 1 fully saturated rings. The SMILES string of the molecule is CC1(C(=O)O)CCN(C(=O)CCNC(=O)c2ccsc2)C1. The van der Waals surface area contributed by atoms with Crippen LogP contribution in [0.1, 0.15) is 30.1 Å². The molecular weight excluding hydrogens is 292 g/mol. The van der Waals surface area contributed by atoms with Gasteiger partial charge in [-0.15, -0.1) is 0 Å². The summed E-state index contributed by atoms with van der Waals surface area (Å²) in [4.78, 5) is 36.4. The molecule has 2 rings (SSSR count). The fourth-order valence-corrected chi connectivity index (χ4v) is 2.92. The summed E-state index contributed by atoms with van der Waals surface area (Å²) in [5.74, 6) is -1.19. The van der Waals surface area contributed by atoms with Gasteiger partial charge >= 0.3 is 5.97 Å². The molecule has 21 heavy (non-hydrogen) atoms. The lowest BCUT2D eigenvalue weighted by Gasteiger charge is -2.20. The first-order chi connectivity index (χ1) is 9.92. The van der Waals surface area contributed by atoms with Crippen molar-refractivity contribution in [3.63, 3.8) is 0 Å². The van der Waals surface area contributed by atoms with Crippen LogP contribution in [0.5, 0.6) is 0 Å². The fraction of sp³-hybridized carbons (Fsp3) is 0.500. The smallest absolute Gasteiger partial charge is 0.311 e. The average molecular weight is 310 g/mol. The van der Waals surface area contributed by atoms with Crippen LogP contribution in [0.3, 0.4) is 0 Å². The summed E-state index contributed by atoms with van der Waals surface area (Å²) in [6.07, 6.45) is 0.654. The highest BCUT2D eigenvalue weighted by atomic mass is 32.1. The molecular formula is C14H18N2O4S. The summed E-state index contributed by atoms with van der Waals surface area (Å²) in [7, 11) is 0. The zero-order chi connectivity index (χ0) is 15.5. The number of carboxylic acids is 1. The Balaban J connectivity index is 1.76. The number of amides is 2. The van der Waals surface area contributed by atoms with Crippen LogP contribution in [-0.4, -0.2) is 47.4 Å². The minimum atomic E-state index is -0.872. The predicted octanol–water partition coefficient (Wildman–Crippen LogP) is 1.19. The highest BCUT2D eigenvalue weighted by molar-refractivity contribution is 7.08. The number of carbonyl (C=O) groups is 3. The van der Waals surface area contributed by atoms with E-state index in [0.29, 0.717) is 18.5 Å². The van der Waals surface area contributed by atoms with Crippen LogP contribution in [0.25, 0.3) is 0 Å². The first-order valence-electron chi connectivity index (χ1n) is 6.74. The molecule has 2 heterocycles. The van der Waals surface area contributed by atoms with Crippen molar-refractivity contribution >= 4 is 29.1 Å². The Labute approximate surface area is 126 Å². The van der Waals surface area contributed by atoms with Crippen LogP contribution >= 0.6 is 11.3 Å². The lowest BCUT2D eigenvalue weighted by molar-refractivity contribution is -0.147. The molecule has 2 N–H and O–H groups in total. The lowest BCUT2D eigenvalue weighted by atomic mass is 9.90. The van der Waals surface area contributed by atoms with Crippen LogP contribution in [0.4, 0.5) is 0 Å². The molecule has 1 unspecified atom stereocenters. The summed E-state index contributed by atoms with van der Waals surface area (Å²) in [6.45, 7) is 2.61. The second kappa shape index (κ2) is 6.26. The van der Waals surface area contributed by atoms with E-state index in [4.69, 9.17) is 5.11 Å². The number of nitrogens with zero attached hydrogens (tertiary/aromatic N) is 1. The highest BCUT2D eigenvalue weighted by Gasteiger charge is 2.41. The van der Waals surface area contributed by atoms with Crippen LogP contribution in [0.2, 0.25) is 0 Å². The molecule has 1 aromatic heterocycles. The molecule has 114 valence electrons. The van der Waals surface area contributed by atoms with Crippen LogP contribution in [0.15, 0.2) is 16.8 Å². The Bertz CT molecular complexity index is 543. The summed E-state index contributed by atoms with van der Waals surface area (Å²) in [5.41, 5.74) is -0.262. The summed E-state index contributed by atoms with van der Waals surface area (Å²) in [6, 6.07) is 1.72. The van der Waals surface area contributed by atoms with Gasteiger partial charge in [-0.05, 0) is 24.8 Å². The van der Waals surface area contributed by atoms with E-state index in [0.717, 1.165) is 0 Å². The van der Waals surface area contributed by atoms with Gasteiger partial charge in [0.25, 0.3) is 5.91 Å². The Morgan fingerprint density at radius 2 is 2.24 bits per heavy atom. The maximum Gasteiger partial charge on any atom is 0.311 e. The van der Waals surface area contributed by atoms with E-state index in [-0.39, 0.29) is 31.3 Å². The van der Waals surface area contributed by atoms with E-state index < -0.39 is 11.4 Å². The van der Waals surface area contributed by atoms with Gasteiger partial charge in [-0.1, -0.05) is 0 Å². The molecule has 0 aromatic carbocycles. The molecule has 2 amide bonds. The largest absolute Gasteiger partial charge is 0.481 e. The van der Waals surface area contributed by atoms with Gasteiger partial charge in [0.2, 0.25) is 5.91 Å². The third kappa shape index (κ3) is 3.60. The minimum Gasteiger partial charge on any atom is -0.481 e. The lowest BCUT2D eigenvalue weighted by Crippen LogP contribution is -2.36. The number of carboxylic acid groups (broad SMARTS) is 1. The van der Waals surface area contributed by atoms with Gasteiger partial charge in [-0.2, -0.15) is 11.3 Å². The monoisotopic (exact) mass is 310 g/mol. The van der Waals surface area contributed by atoms with Crippen LogP contribution < -0.4 is 5.32 Å². The van der Waals surface area contributed by atoms with Gasteiger partial charge in [0.1, 0.15) is 0 Å². The van der Waals surface area contributed by atoms with E-state index in [1.54, 1.807) is 23.3 Å². The summed E-state index contributed by atoms with van der Waals surface area (Å²) in [5, 5.41) is 15.4. The molecule has 0 aliphatic carbocycles. The Hall–Kier alpha value is -1.89. The minimum absolute atomic E-state index is 0.120. The van der Waals surface area contributed by atoms with E-state index in [1.165, 1.54) is 11.3 Å². The number of likely N-dealkylation sites (tertiary alicyclic amines) is 1. The normalized spacial score (nSPS) is 21.3. The topological polar surface area (TPSA) is 86.7 Å². The molecule has 0 saturated carbocycles. The van der Waals surface area contributed by atoms with Crippen molar-refractivity contribution in [3.8, 4) is 0 Å². The maximum atomic E-state index is 12.0. The zero-order valence-electron chi connectivity index (χ0n) is 11.8. The Morgan fingerprint density at radius 3 is 2.81 bits per heavy atom. The van der Waals surface area contributed by atoms with E-state index in [2.05, 4.69) is 5.32 Å². The van der Waals surface area contributed by atoms with Crippen molar-refractivity contribution in [3.05, 3.63) is 22.4 Å². The van der Waals surface area contributed by atoms with E-state index in [9.17, 15) is 14.4 Å². The fourth-order valence-electron chi connectivity index (χ4n) is 2.29. The Morgan fingerprint density at radius 1 is 1.48 bits per heavy atom. The first kappa shape index (κ1) is 15.5. The van der Waals surface area contributed by atoms with Gasteiger partial charge in [-0.25, -0.2) is 0 Å². The number of carbonyl (C=O) groups excluding carboxylic acids is 2. The molecule has 1 atom stereocenters.